The van der Waals surface area contributed by atoms with Gasteiger partial charge in [0.05, 0.1) is 5.69 Å². The van der Waals surface area contributed by atoms with E-state index in [9.17, 15) is 0 Å². The molecule has 0 spiro atoms. The molecule has 0 radical (unpaired) electrons. The van der Waals surface area contributed by atoms with Gasteiger partial charge in [-0.3, -0.25) is 5.10 Å². The lowest BCUT2D eigenvalue weighted by molar-refractivity contribution is 0.626. The highest BCUT2D eigenvalue weighted by Gasteiger charge is 2.19. The van der Waals surface area contributed by atoms with Crippen LogP contribution in [0.5, 0.6) is 0 Å². The molecule has 0 aliphatic heterocycles. The van der Waals surface area contributed by atoms with Crippen LogP contribution >= 0.6 is 0 Å². The quantitative estimate of drug-likeness (QED) is 0.800. The average molecular weight is 300 g/mol. The first-order valence-electron chi connectivity index (χ1n) is 7.93. The molecule has 0 aromatic carbocycles. The van der Waals surface area contributed by atoms with Crippen molar-refractivity contribution in [2.75, 3.05) is 10.6 Å². The third kappa shape index (κ3) is 3.75. The number of rotatable bonds is 4. The Hall–Kier alpha value is -2.11. The predicted octanol–water partition coefficient (Wildman–Crippen LogP) is 3.81. The van der Waals surface area contributed by atoms with Gasteiger partial charge >= 0.3 is 0 Å². The van der Waals surface area contributed by atoms with Crippen molar-refractivity contribution in [1.82, 2.24) is 20.2 Å². The van der Waals surface area contributed by atoms with Gasteiger partial charge in [0, 0.05) is 23.7 Å². The fraction of sp³-hybridized carbons (Fsp3) is 0.562. The molecule has 2 heterocycles. The van der Waals surface area contributed by atoms with Crippen molar-refractivity contribution >= 4 is 17.6 Å². The van der Waals surface area contributed by atoms with Gasteiger partial charge in [-0.25, -0.2) is 4.98 Å². The Kier molecular flexibility index (Phi) is 4.00. The smallest absolute Gasteiger partial charge is 0.225 e. The van der Waals surface area contributed by atoms with Gasteiger partial charge in [0.2, 0.25) is 5.95 Å². The summed E-state index contributed by atoms with van der Waals surface area (Å²) < 4.78 is 0. The molecule has 0 saturated heterocycles. The monoisotopic (exact) mass is 300 g/mol. The first-order chi connectivity index (χ1) is 10.5. The van der Waals surface area contributed by atoms with Crippen LogP contribution in [-0.4, -0.2) is 25.7 Å². The molecular formula is C16H24N6. The highest BCUT2D eigenvalue weighted by molar-refractivity contribution is 5.53. The number of aromatic amines is 1. The molecule has 6 heteroatoms. The Morgan fingerprint density at radius 3 is 2.73 bits per heavy atom. The van der Waals surface area contributed by atoms with Gasteiger partial charge in [0.15, 0.2) is 0 Å². The number of H-pyrrole nitrogens is 1. The van der Waals surface area contributed by atoms with Gasteiger partial charge in [-0.05, 0) is 39.7 Å². The largest absolute Gasteiger partial charge is 0.350 e. The van der Waals surface area contributed by atoms with Gasteiger partial charge in [0.25, 0.3) is 0 Å². The van der Waals surface area contributed by atoms with E-state index in [2.05, 4.69) is 57.6 Å². The molecular weight excluding hydrogens is 276 g/mol. The minimum absolute atomic E-state index is 0.0672. The van der Waals surface area contributed by atoms with Crippen molar-refractivity contribution in [3.05, 3.63) is 24.0 Å². The molecule has 22 heavy (non-hydrogen) atoms. The van der Waals surface area contributed by atoms with Crippen LogP contribution in [0.4, 0.5) is 17.6 Å². The first kappa shape index (κ1) is 14.8. The van der Waals surface area contributed by atoms with Crippen molar-refractivity contribution < 1.29 is 0 Å². The number of aromatic nitrogens is 4. The maximum Gasteiger partial charge on any atom is 0.225 e. The van der Waals surface area contributed by atoms with Crippen LogP contribution in [0.15, 0.2) is 18.3 Å². The molecule has 3 N–H and O–H groups in total. The van der Waals surface area contributed by atoms with Gasteiger partial charge in [0.1, 0.15) is 11.6 Å². The number of hydrogen-bond donors (Lipinski definition) is 3. The molecule has 0 bridgehead atoms. The second kappa shape index (κ2) is 5.94. The lowest BCUT2D eigenvalue weighted by Gasteiger charge is -2.20. The van der Waals surface area contributed by atoms with Crippen LogP contribution in [0.2, 0.25) is 0 Å². The molecule has 118 valence electrons. The van der Waals surface area contributed by atoms with Crippen molar-refractivity contribution in [3.63, 3.8) is 0 Å². The van der Waals surface area contributed by atoms with Crippen molar-refractivity contribution in [3.8, 4) is 0 Å². The topological polar surface area (TPSA) is 78.5 Å². The summed E-state index contributed by atoms with van der Waals surface area (Å²) in [4.78, 5) is 8.73. The fourth-order valence-electron chi connectivity index (χ4n) is 2.79. The molecule has 1 saturated carbocycles. The van der Waals surface area contributed by atoms with E-state index in [1.54, 1.807) is 6.20 Å². The number of hydrogen-bond acceptors (Lipinski definition) is 5. The standard InChI is InChI=1S/C16H24N6/c1-16(2,3)20-15-17-9-8-13(19-15)18-14-10-12(21-22-14)11-6-4-5-7-11/h8-11H,4-7H2,1-3H3,(H3,17,18,19,20,21,22). The van der Waals surface area contributed by atoms with E-state index >= 15 is 0 Å². The minimum atomic E-state index is -0.0672. The van der Waals surface area contributed by atoms with Crippen LogP contribution in [-0.2, 0) is 0 Å². The third-order valence-electron chi connectivity index (χ3n) is 3.78. The van der Waals surface area contributed by atoms with Crippen LogP contribution in [0.25, 0.3) is 0 Å². The zero-order chi connectivity index (χ0) is 15.6. The zero-order valence-electron chi connectivity index (χ0n) is 13.5. The molecule has 2 aromatic rings. The Labute approximate surface area is 131 Å². The Morgan fingerprint density at radius 1 is 1.23 bits per heavy atom. The molecule has 0 atom stereocenters. The van der Waals surface area contributed by atoms with E-state index in [1.807, 2.05) is 6.07 Å². The lowest BCUT2D eigenvalue weighted by Crippen LogP contribution is -2.27. The number of nitrogens with one attached hydrogen (secondary N) is 3. The normalized spacial score (nSPS) is 16.0. The summed E-state index contributed by atoms with van der Waals surface area (Å²) in [5, 5.41) is 14.0. The first-order valence-corrected chi connectivity index (χ1v) is 7.93. The molecule has 0 unspecified atom stereocenters. The van der Waals surface area contributed by atoms with Crippen LogP contribution < -0.4 is 10.6 Å². The number of nitrogens with zero attached hydrogens (tertiary/aromatic N) is 3. The zero-order valence-corrected chi connectivity index (χ0v) is 13.5. The fourth-order valence-corrected chi connectivity index (χ4v) is 2.79. The van der Waals surface area contributed by atoms with E-state index in [-0.39, 0.29) is 5.54 Å². The summed E-state index contributed by atoms with van der Waals surface area (Å²) in [7, 11) is 0. The van der Waals surface area contributed by atoms with E-state index in [4.69, 9.17) is 0 Å². The molecule has 6 nitrogen and oxygen atoms in total. The minimum Gasteiger partial charge on any atom is -0.350 e. The lowest BCUT2D eigenvalue weighted by atomic mass is 10.0. The molecule has 2 aromatic heterocycles. The summed E-state index contributed by atoms with van der Waals surface area (Å²) >= 11 is 0. The second-order valence-corrected chi connectivity index (χ2v) is 6.95. The van der Waals surface area contributed by atoms with E-state index in [0.717, 1.165) is 17.3 Å². The van der Waals surface area contributed by atoms with Gasteiger partial charge in [-0.15, -0.1) is 0 Å². The van der Waals surface area contributed by atoms with Gasteiger partial charge in [-0.2, -0.15) is 10.1 Å². The summed E-state index contributed by atoms with van der Waals surface area (Å²) in [6.45, 7) is 6.25. The third-order valence-corrected chi connectivity index (χ3v) is 3.78. The maximum atomic E-state index is 4.48. The summed E-state index contributed by atoms with van der Waals surface area (Å²) in [6.07, 6.45) is 6.87. The van der Waals surface area contributed by atoms with E-state index in [1.165, 1.54) is 25.7 Å². The van der Waals surface area contributed by atoms with E-state index < -0.39 is 0 Å². The average Bonchev–Trinajstić information content (AvgIpc) is 3.07. The van der Waals surface area contributed by atoms with E-state index in [0.29, 0.717) is 11.9 Å². The highest BCUT2D eigenvalue weighted by atomic mass is 15.2. The van der Waals surface area contributed by atoms with Crippen molar-refractivity contribution in [1.29, 1.82) is 0 Å². The molecule has 1 aliphatic carbocycles. The predicted molar refractivity (Wildman–Crippen MR) is 88.5 cm³/mol. The molecule has 1 fully saturated rings. The summed E-state index contributed by atoms with van der Waals surface area (Å²) in [5.74, 6) is 2.86. The second-order valence-electron chi connectivity index (χ2n) is 6.95. The van der Waals surface area contributed by atoms with Crippen LogP contribution in [0, 0.1) is 0 Å². The summed E-state index contributed by atoms with van der Waals surface area (Å²) in [5.41, 5.74) is 1.09. The van der Waals surface area contributed by atoms with Gasteiger partial charge < -0.3 is 10.6 Å². The Morgan fingerprint density at radius 2 is 2.00 bits per heavy atom. The maximum absolute atomic E-state index is 4.48. The SMILES string of the molecule is CC(C)(C)Nc1nccc(Nc2cc(C3CCCC3)n[nH]2)n1. The van der Waals surface area contributed by atoms with Crippen LogP contribution in [0.3, 0.4) is 0 Å². The van der Waals surface area contributed by atoms with Crippen molar-refractivity contribution in [2.45, 2.75) is 57.9 Å². The molecule has 3 rings (SSSR count). The Bertz CT molecular complexity index is 622. The Balaban J connectivity index is 1.69. The summed E-state index contributed by atoms with van der Waals surface area (Å²) in [6, 6.07) is 3.94. The van der Waals surface area contributed by atoms with Crippen molar-refractivity contribution in [2.24, 2.45) is 0 Å². The molecule has 0 amide bonds. The number of anilines is 3. The molecule has 1 aliphatic rings. The van der Waals surface area contributed by atoms with Crippen LogP contribution in [0.1, 0.15) is 58.1 Å². The highest BCUT2D eigenvalue weighted by Crippen LogP contribution is 2.33. The van der Waals surface area contributed by atoms with Gasteiger partial charge in [-0.1, -0.05) is 12.8 Å².